The molecule has 1 aromatic carbocycles. The fourth-order valence-corrected chi connectivity index (χ4v) is 3.95. The van der Waals surface area contributed by atoms with Gasteiger partial charge >= 0.3 is 7.82 Å². The van der Waals surface area contributed by atoms with Gasteiger partial charge in [-0.25, -0.2) is 9.25 Å². The van der Waals surface area contributed by atoms with Gasteiger partial charge in [0.2, 0.25) is 0 Å². The van der Waals surface area contributed by atoms with E-state index in [1.165, 1.54) is 23.1 Å². The molecular weight excluding hydrogens is 441 g/mol. The van der Waals surface area contributed by atoms with Gasteiger partial charge in [0.25, 0.3) is 0 Å². The highest BCUT2D eigenvalue weighted by molar-refractivity contribution is 7.89. The summed E-state index contributed by atoms with van der Waals surface area (Å²) in [6, 6.07) is 6.52. The lowest BCUT2D eigenvalue weighted by molar-refractivity contribution is 0.183. The van der Waals surface area contributed by atoms with Crippen LogP contribution in [-0.2, 0) is 32.7 Å². The number of nitriles is 1. The zero-order chi connectivity index (χ0) is 21.2. The summed E-state index contributed by atoms with van der Waals surface area (Å²) in [5, 5.41) is 13.7. The average molecular weight is 460 g/mol. The van der Waals surface area contributed by atoms with E-state index >= 15 is 0 Å². The highest BCUT2D eigenvalue weighted by atomic mass is 35.5. The fraction of sp³-hybridized carbons (Fsp3) is 0.412. The third-order valence-electron chi connectivity index (χ3n) is 4.48. The monoisotopic (exact) mass is 459 g/mol. The molecule has 9 nitrogen and oxygen atoms in total. The summed E-state index contributed by atoms with van der Waals surface area (Å²) in [7, 11) is -4.74. The summed E-state index contributed by atoms with van der Waals surface area (Å²) in [6.07, 6.45) is 4.33. The van der Waals surface area contributed by atoms with Crippen LogP contribution in [0, 0.1) is 11.3 Å². The molecule has 12 heteroatoms. The highest BCUT2D eigenvalue weighted by Gasteiger charge is 2.32. The molecule has 0 bridgehead atoms. The highest BCUT2D eigenvalue weighted by Crippen LogP contribution is 2.45. The molecule has 2 N–H and O–H groups in total. The van der Waals surface area contributed by atoms with Gasteiger partial charge in [-0.1, -0.05) is 18.0 Å². The molecule has 29 heavy (non-hydrogen) atoms. The van der Waals surface area contributed by atoms with Gasteiger partial charge in [-0.3, -0.25) is 4.52 Å². The molecular formula is C17H19ClN3O6PS. The second kappa shape index (κ2) is 9.06. The fourth-order valence-electron chi connectivity index (χ4n) is 2.89. The molecule has 1 unspecified atom stereocenters. The third kappa shape index (κ3) is 5.53. The van der Waals surface area contributed by atoms with Crippen LogP contribution >= 0.6 is 19.4 Å². The van der Waals surface area contributed by atoms with Crippen LogP contribution in [0.1, 0.15) is 42.1 Å². The summed E-state index contributed by atoms with van der Waals surface area (Å²) in [5.41, 5.74) is 1.18. The summed E-state index contributed by atoms with van der Waals surface area (Å²) < 4.78 is 35.1. The second-order valence-electron chi connectivity index (χ2n) is 6.61. The Morgan fingerprint density at radius 1 is 1.48 bits per heavy atom. The molecule has 1 aliphatic rings. The molecule has 0 radical (unpaired) electrons. The Hall–Kier alpha value is -1.57. The maximum atomic E-state index is 11.8. The van der Waals surface area contributed by atoms with Crippen molar-refractivity contribution >= 4 is 30.6 Å². The molecule has 0 aliphatic heterocycles. The van der Waals surface area contributed by atoms with Crippen LogP contribution in [0.3, 0.4) is 0 Å². The zero-order valence-electron chi connectivity index (χ0n) is 15.4. The van der Waals surface area contributed by atoms with E-state index < -0.39 is 25.6 Å². The standard InChI is InChI=1S/C17H19ClN3O6PS/c1-29(25)10-21-15(9-26-28(22,23)24)17(16(20-21)11-3-2-4-11)27-13-6-5-12(8-19)14(18)7-13/h5-7,11H,2-4,9-10H2,1H3,(H2,22,23,24). The van der Waals surface area contributed by atoms with Crippen LogP contribution in [0.25, 0.3) is 0 Å². The first-order valence-electron chi connectivity index (χ1n) is 8.65. The first kappa shape index (κ1) is 22.1. The second-order valence-corrected chi connectivity index (χ2v) is 9.66. The number of ether oxygens (including phenoxy) is 1. The number of rotatable bonds is 8. The average Bonchev–Trinajstić information content (AvgIpc) is 2.87. The lowest BCUT2D eigenvalue weighted by Crippen LogP contribution is -2.15. The SMILES string of the molecule is C[S+]([O-])Cn1nc(C2CCC2)c(Oc2ccc(C#N)c(Cl)c2)c1COP(=O)(O)O. The molecule has 1 atom stereocenters. The lowest BCUT2D eigenvalue weighted by Gasteiger charge is -2.24. The largest absolute Gasteiger partial charge is 0.615 e. The quantitative estimate of drug-likeness (QED) is 0.452. The number of nitrogens with zero attached hydrogens (tertiary/aromatic N) is 3. The molecule has 2 aromatic rings. The van der Waals surface area contributed by atoms with Gasteiger partial charge in [0, 0.05) is 12.0 Å². The molecule has 0 spiro atoms. The third-order valence-corrected chi connectivity index (χ3v) is 5.87. The van der Waals surface area contributed by atoms with Crippen LogP contribution in [0.5, 0.6) is 11.5 Å². The van der Waals surface area contributed by atoms with Crippen molar-refractivity contribution in [3.8, 4) is 17.6 Å². The van der Waals surface area contributed by atoms with Crippen molar-refractivity contribution in [1.82, 2.24) is 9.78 Å². The van der Waals surface area contributed by atoms with Crippen molar-refractivity contribution in [2.24, 2.45) is 0 Å². The van der Waals surface area contributed by atoms with Crippen LogP contribution < -0.4 is 4.74 Å². The Morgan fingerprint density at radius 3 is 2.72 bits per heavy atom. The Kier molecular flexibility index (Phi) is 6.91. The normalized spacial score (nSPS) is 15.6. The van der Waals surface area contributed by atoms with Gasteiger partial charge in [0.05, 0.1) is 16.8 Å². The van der Waals surface area contributed by atoms with E-state index in [9.17, 15) is 9.12 Å². The summed E-state index contributed by atoms with van der Waals surface area (Å²) >= 11 is 4.82. The molecule has 0 saturated heterocycles. The summed E-state index contributed by atoms with van der Waals surface area (Å²) in [6.45, 7) is -0.472. The van der Waals surface area contributed by atoms with E-state index in [2.05, 4.69) is 9.62 Å². The van der Waals surface area contributed by atoms with Crippen LogP contribution in [0.2, 0.25) is 5.02 Å². The van der Waals surface area contributed by atoms with Crippen molar-refractivity contribution in [2.45, 2.75) is 37.7 Å². The Morgan fingerprint density at radius 2 is 2.21 bits per heavy atom. The molecule has 1 heterocycles. The first-order chi connectivity index (χ1) is 13.7. The number of hydrogen-bond acceptors (Lipinski definition) is 6. The minimum atomic E-state index is -4.74. The molecule has 1 fully saturated rings. The topological polar surface area (TPSA) is 141 Å². The van der Waals surface area contributed by atoms with E-state index in [0.29, 0.717) is 22.8 Å². The van der Waals surface area contributed by atoms with Gasteiger partial charge < -0.3 is 19.1 Å². The van der Waals surface area contributed by atoms with Crippen molar-refractivity contribution in [3.05, 3.63) is 40.2 Å². The number of aromatic nitrogens is 2. The van der Waals surface area contributed by atoms with E-state index in [4.69, 9.17) is 31.4 Å². The number of phosphoric acid groups is 1. The number of hydrogen-bond donors (Lipinski definition) is 2. The maximum absolute atomic E-state index is 11.8. The predicted molar refractivity (Wildman–Crippen MR) is 106 cm³/mol. The van der Waals surface area contributed by atoms with E-state index in [-0.39, 0.29) is 22.5 Å². The van der Waals surface area contributed by atoms with Gasteiger partial charge in [-0.15, -0.1) is 0 Å². The van der Waals surface area contributed by atoms with Gasteiger partial charge in [-0.2, -0.15) is 10.4 Å². The van der Waals surface area contributed by atoms with Crippen molar-refractivity contribution in [1.29, 1.82) is 5.26 Å². The summed E-state index contributed by atoms with van der Waals surface area (Å²) in [4.78, 5) is 18.2. The Labute approximate surface area is 175 Å². The summed E-state index contributed by atoms with van der Waals surface area (Å²) in [5.74, 6) is 0.787. The van der Waals surface area contributed by atoms with Crippen LogP contribution in [-0.4, -0.2) is 30.4 Å². The van der Waals surface area contributed by atoms with Crippen molar-refractivity contribution in [3.63, 3.8) is 0 Å². The molecule has 3 rings (SSSR count). The van der Waals surface area contributed by atoms with Crippen LogP contribution in [0.15, 0.2) is 18.2 Å². The minimum Gasteiger partial charge on any atom is -0.615 e. The van der Waals surface area contributed by atoms with Gasteiger partial charge in [0.1, 0.15) is 29.8 Å². The van der Waals surface area contributed by atoms with Gasteiger partial charge in [0.15, 0.2) is 11.6 Å². The van der Waals surface area contributed by atoms with Gasteiger partial charge in [-0.05, 0) is 36.2 Å². The number of benzene rings is 1. The smallest absolute Gasteiger partial charge is 0.469 e. The molecule has 1 aromatic heterocycles. The molecule has 1 aliphatic carbocycles. The lowest BCUT2D eigenvalue weighted by atomic mass is 9.82. The van der Waals surface area contributed by atoms with Crippen molar-refractivity contribution in [2.75, 3.05) is 6.26 Å². The first-order valence-corrected chi connectivity index (χ1v) is 12.3. The van der Waals surface area contributed by atoms with E-state index in [1.54, 1.807) is 6.07 Å². The molecule has 1 saturated carbocycles. The zero-order valence-corrected chi connectivity index (χ0v) is 17.9. The number of phosphoric ester groups is 1. The van der Waals surface area contributed by atoms with E-state index in [1.807, 2.05) is 6.07 Å². The van der Waals surface area contributed by atoms with Crippen LogP contribution in [0.4, 0.5) is 0 Å². The Balaban J connectivity index is 2.03. The van der Waals surface area contributed by atoms with E-state index in [0.717, 1.165) is 19.3 Å². The number of halogens is 1. The Bertz CT molecular complexity index is 982. The predicted octanol–water partition coefficient (Wildman–Crippen LogP) is 3.41. The molecule has 156 valence electrons. The molecule has 0 amide bonds. The van der Waals surface area contributed by atoms with Crippen molar-refractivity contribution < 1.29 is 28.2 Å². The minimum absolute atomic E-state index is 0.0249. The maximum Gasteiger partial charge on any atom is 0.469 e.